The molecule has 1 saturated heterocycles. The molecule has 13 heteroatoms. The molecule has 1 amide bonds. The number of hydrogen-bond donors (Lipinski definition) is 1. The minimum absolute atomic E-state index is 0.104. The van der Waals surface area contributed by atoms with Crippen molar-refractivity contribution in [3.05, 3.63) is 86.3 Å². The summed E-state index contributed by atoms with van der Waals surface area (Å²) in [4.78, 5) is 28.1. The van der Waals surface area contributed by atoms with Crippen LogP contribution in [0, 0.1) is 5.82 Å². The quantitative estimate of drug-likeness (QED) is 0.255. The van der Waals surface area contributed by atoms with Gasteiger partial charge in [-0.25, -0.2) is 12.8 Å². The van der Waals surface area contributed by atoms with Crippen LogP contribution in [-0.4, -0.2) is 54.2 Å². The number of sulfonamides is 1. The Hall–Kier alpha value is -2.70. The molecule has 4 atom stereocenters. The highest BCUT2D eigenvalue weighted by Gasteiger charge is 2.49. The van der Waals surface area contributed by atoms with Crippen LogP contribution in [0.4, 0.5) is 10.1 Å². The van der Waals surface area contributed by atoms with Crippen molar-refractivity contribution in [3.63, 3.8) is 0 Å². The van der Waals surface area contributed by atoms with Gasteiger partial charge in [0, 0.05) is 9.90 Å². The van der Waals surface area contributed by atoms with E-state index in [2.05, 4.69) is 0 Å². The van der Waals surface area contributed by atoms with Gasteiger partial charge in [-0.2, -0.15) is 0 Å². The Kier molecular flexibility index (Phi) is 9.15. The summed E-state index contributed by atoms with van der Waals surface area (Å²) >= 11 is 13.9. The Morgan fingerprint density at radius 3 is 2.50 bits per heavy atom. The van der Waals surface area contributed by atoms with Crippen molar-refractivity contribution >= 4 is 62.1 Å². The maximum Gasteiger partial charge on any atom is 0.306 e. The number of carboxylic acid groups (broad SMARTS) is 1. The number of carbonyl (C=O) groups excluding carboxylic acids is 1. The van der Waals surface area contributed by atoms with Crippen LogP contribution in [0.5, 0.6) is 0 Å². The molecule has 2 heterocycles. The van der Waals surface area contributed by atoms with Crippen molar-refractivity contribution in [2.75, 3.05) is 10.8 Å². The number of amides is 1. The lowest BCUT2D eigenvalue weighted by molar-refractivity contribution is -0.182. The molecule has 0 radical (unpaired) electrons. The minimum atomic E-state index is -3.95. The van der Waals surface area contributed by atoms with Crippen molar-refractivity contribution in [3.8, 4) is 0 Å². The van der Waals surface area contributed by atoms with Crippen LogP contribution in [0.1, 0.15) is 55.2 Å². The molecular formula is C29H29Cl2FN2O6S2. The fraction of sp³-hybridized carbons (Fsp3) is 0.379. The van der Waals surface area contributed by atoms with Crippen molar-refractivity contribution in [2.45, 2.75) is 62.1 Å². The number of benzene rings is 2. The number of ether oxygens (including phenoxy) is 1. The summed E-state index contributed by atoms with van der Waals surface area (Å²) in [5.74, 6) is -2.53. The number of carboxylic acids is 1. The average Bonchev–Trinajstić information content (AvgIpc) is 3.73. The fourth-order valence-corrected chi connectivity index (χ4v) is 8.60. The summed E-state index contributed by atoms with van der Waals surface area (Å²) in [5.41, 5.74) is 0.504. The van der Waals surface area contributed by atoms with E-state index >= 15 is 4.39 Å². The number of rotatable bonds is 11. The van der Waals surface area contributed by atoms with Crippen molar-refractivity contribution in [2.24, 2.45) is 0 Å². The van der Waals surface area contributed by atoms with Gasteiger partial charge in [0.05, 0.1) is 40.3 Å². The zero-order valence-electron chi connectivity index (χ0n) is 22.5. The van der Waals surface area contributed by atoms with Crippen LogP contribution >= 0.6 is 34.5 Å². The van der Waals surface area contributed by atoms with E-state index in [-0.39, 0.29) is 18.7 Å². The molecule has 1 N–H and O–H groups in total. The van der Waals surface area contributed by atoms with Gasteiger partial charge in [-0.05, 0) is 61.2 Å². The van der Waals surface area contributed by atoms with E-state index in [1.165, 1.54) is 34.4 Å². The molecule has 2 unspecified atom stereocenters. The predicted molar refractivity (Wildman–Crippen MR) is 160 cm³/mol. The zero-order chi connectivity index (χ0) is 30.2. The summed E-state index contributed by atoms with van der Waals surface area (Å²) < 4.78 is 50.2. The third-order valence-electron chi connectivity index (χ3n) is 7.47. The number of anilines is 1. The summed E-state index contributed by atoms with van der Waals surface area (Å²) in [6.07, 6.45) is -1.58. The maximum absolute atomic E-state index is 15.1. The standard InChI is InChI=1S/C29H29Cl2FN2O6S2/c1-2-19(16-33(42(38,39)20-10-11-20)22-9-4-3-8-21(22)32)34-27(24-12-13-25(31)41-24)28(17-6-5-7-18(30)14-17)40-23(29(34)37)15-26(35)36/h3-9,12-14,19-20,23,27-28H,2,10-11,15-16H2,1H3,(H,35,36)/t19?,23-,27?,28-/m1/s1. The van der Waals surface area contributed by atoms with Crippen LogP contribution in [-0.2, 0) is 24.3 Å². The van der Waals surface area contributed by atoms with Crippen molar-refractivity contribution in [1.29, 1.82) is 0 Å². The maximum atomic E-state index is 15.1. The zero-order valence-corrected chi connectivity index (χ0v) is 25.7. The van der Waals surface area contributed by atoms with Gasteiger partial charge in [-0.3, -0.25) is 13.9 Å². The molecule has 2 aromatic carbocycles. The topological polar surface area (TPSA) is 104 Å². The van der Waals surface area contributed by atoms with Gasteiger partial charge in [-0.1, -0.05) is 54.4 Å². The van der Waals surface area contributed by atoms with Gasteiger partial charge in [0.2, 0.25) is 10.0 Å². The molecule has 2 fully saturated rings. The summed E-state index contributed by atoms with van der Waals surface area (Å²) in [6, 6.07) is 14.4. The molecule has 3 aromatic rings. The van der Waals surface area contributed by atoms with E-state index < -0.39 is 63.7 Å². The molecule has 1 aliphatic heterocycles. The van der Waals surface area contributed by atoms with Gasteiger partial charge in [0.15, 0.2) is 0 Å². The van der Waals surface area contributed by atoms with Gasteiger partial charge in [0.25, 0.3) is 5.91 Å². The van der Waals surface area contributed by atoms with E-state index in [1.807, 2.05) is 0 Å². The van der Waals surface area contributed by atoms with Gasteiger partial charge in [0.1, 0.15) is 18.0 Å². The number of hydrogen-bond acceptors (Lipinski definition) is 6. The van der Waals surface area contributed by atoms with Crippen LogP contribution in [0.25, 0.3) is 0 Å². The fourth-order valence-electron chi connectivity index (χ4n) is 5.32. The summed E-state index contributed by atoms with van der Waals surface area (Å²) in [6.45, 7) is 1.56. The lowest BCUT2D eigenvalue weighted by Gasteiger charge is -2.48. The van der Waals surface area contributed by atoms with E-state index in [0.29, 0.717) is 32.6 Å². The second kappa shape index (κ2) is 12.5. The highest BCUT2D eigenvalue weighted by molar-refractivity contribution is 7.93. The highest BCUT2D eigenvalue weighted by atomic mass is 35.5. The molecule has 2 aliphatic rings. The Balaban J connectivity index is 1.64. The Labute approximate surface area is 257 Å². The second-order valence-corrected chi connectivity index (χ2v) is 14.6. The van der Waals surface area contributed by atoms with E-state index in [4.69, 9.17) is 27.9 Å². The molecule has 0 bridgehead atoms. The summed E-state index contributed by atoms with van der Waals surface area (Å²) in [7, 11) is -3.95. The Morgan fingerprint density at radius 1 is 1.17 bits per heavy atom. The number of aliphatic carboxylic acids is 1. The molecule has 8 nitrogen and oxygen atoms in total. The van der Waals surface area contributed by atoms with E-state index in [9.17, 15) is 23.1 Å². The smallest absolute Gasteiger partial charge is 0.306 e. The van der Waals surface area contributed by atoms with Gasteiger partial charge >= 0.3 is 5.97 Å². The van der Waals surface area contributed by atoms with Crippen LogP contribution in [0.15, 0.2) is 60.7 Å². The van der Waals surface area contributed by atoms with E-state index in [1.54, 1.807) is 49.4 Å². The first-order valence-electron chi connectivity index (χ1n) is 13.5. The van der Waals surface area contributed by atoms with Crippen molar-refractivity contribution in [1.82, 2.24) is 4.90 Å². The Bertz CT molecular complexity index is 1580. The molecule has 224 valence electrons. The Morgan fingerprint density at radius 2 is 1.90 bits per heavy atom. The molecular weight excluding hydrogens is 626 g/mol. The first-order chi connectivity index (χ1) is 20.0. The van der Waals surface area contributed by atoms with Crippen LogP contribution in [0.3, 0.4) is 0 Å². The first kappa shape index (κ1) is 30.7. The SMILES string of the molecule is CCC(CN(c1ccccc1F)S(=O)(=O)C1CC1)N1C(=O)[C@@H](CC(=O)O)O[C@H](c2cccc(Cl)c2)C1c1ccc(Cl)s1. The predicted octanol–water partition coefficient (Wildman–Crippen LogP) is 6.46. The number of para-hydroxylation sites is 1. The number of halogens is 3. The minimum Gasteiger partial charge on any atom is -0.481 e. The second-order valence-electron chi connectivity index (χ2n) is 10.3. The summed E-state index contributed by atoms with van der Waals surface area (Å²) in [5, 5.41) is 9.42. The third-order valence-corrected chi connectivity index (χ3v) is 11.3. The normalized spacial score (nSPS) is 21.8. The molecule has 1 aliphatic carbocycles. The van der Waals surface area contributed by atoms with Crippen molar-refractivity contribution < 1.29 is 32.2 Å². The lowest BCUT2D eigenvalue weighted by atomic mass is 9.93. The number of thiophene rings is 1. The highest BCUT2D eigenvalue weighted by Crippen LogP contribution is 2.47. The number of carbonyl (C=O) groups is 2. The van der Waals surface area contributed by atoms with Crippen LogP contribution in [0.2, 0.25) is 9.36 Å². The average molecular weight is 656 g/mol. The lowest BCUT2D eigenvalue weighted by Crippen LogP contribution is -2.58. The molecule has 0 spiro atoms. The molecule has 42 heavy (non-hydrogen) atoms. The molecule has 1 saturated carbocycles. The number of morpholine rings is 1. The monoisotopic (exact) mass is 654 g/mol. The van der Waals surface area contributed by atoms with Gasteiger partial charge in [-0.15, -0.1) is 11.3 Å². The first-order valence-corrected chi connectivity index (χ1v) is 16.5. The van der Waals surface area contributed by atoms with Gasteiger partial charge < -0.3 is 14.7 Å². The number of nitrogens with zero attached hydrogens (tertiary/aromatic N) is 2. The largest absolute Gasteiger partial charge is 0.481 e. The molecule has 1 aromatic heterocycles. The molecule has 5 rings (SSSR count). The van der Waals surface area contributed by atoms with Crippen LogP contribution < -0.4 is 4.31 Å². The third kappa shape index (κ3) is 6.30. The van der Waals surface area contributed by atoms with E-state index in [0.717, 1.165) is 4.31 Å².